The van der Waals surface area contributed by atoms with Crippen LogP contribution < -0.4 is 16.4 Å². The molecular formula is C14H12N4O3S2. The van der Waals surface area contributed by atoms with Crippen molar-refractivity contribution in [3.63, 3.8) is 0 Å². The molecule has 3 rings (SSSR count). The highest BCUT2D eigenvalue weighted by Crippen LogP contribution is 2.32. The summed E-state index contributed by atoms with van der Waals surface area (Å²) in [6.45, 7) is 0. The monoisotopic (exact) mass is 348 g/mol. The topological polar surface area (TPSA) is 114 Å². The number of nitrogens with one attached hydrogen (secondary N) is 2. The van der Waals surface area contributed by atoms with E-state index in [4.69, 9.17) is 5.73 Å². The number of thiazole rings is 1. The molecule has 23 heavy (non-hydrogen) atoms. The molecule has 2 aromatic rings. The van der Waals surface area contributed by atoms with Crippen LogP contribution in [0, 0.1) is 0 Å². The summed E-state index contributed by atoms with van der Waals surface area (Å²) < 4.78 is 0. The van der Waals surface area contributed by atoms with E-state index in [2.05, 4.69) is 15.6 Å². The third-order valence-electron chi connectivity index (χ3n) is 3.00. The number of benzene rings is 1. The molecule has 0 fully saturated rings. The summed E-state index contributed by atoms with van der Waals surface area (Å²) in [5.74, 6) is -0.523. The lowest BCUT2D eigenvalue weighted by Gasteiger charge is -2.16. The Morgan fingerprint density at radius 2 is 2.22 bits per heavy atom. The minimum atomic E-state index is -0.476. The summed E-state index contributed by atoms with van der Waals surface area (Å²) >= 11 is 2.65. The van der Waals surface area contributed by atoms with E-state index in [9.17, 15) is 14.4 Å². The maximum absolute atomic E-state index is 12.3. The number of nitrogens with two attached hydrogens (primary N) is 1. The molecule has 1 aromatic heterocycles. The van der Waals surface area contributed by atoms with Crippen LogP contribution in [-0.4, -0.2) is 28.5 Å². The molecule has 9 heteroatoms. The first-order valence-corrected chi connectivity index (χ1v) is 8.48. The van der Waals surface area contributed by atoms with Crippen molar-refractivity contribution in [2.45, 2.75) is 11.3 Å². The molecule has 4 N–H and O–H groups in total. The van der Waals surface area contributed by atoms with Gasteiger partial charge < -0.3 is 11.1 Å². The van der Waals surface area contributed by atoms with Gasteiger partial charge in [0.15, 0.2) is 5.13 Å². The van der Waals surface area contributed by atoms with E-state index in [1.165, 1.54) is 23.1 Å². The van der Waals surface area contributed by atoms with Crippen molar-refractivity contribution < 1.29 is 14.4 Å². The van der Waals surface area contributed by atoms with Crippen LogP contribution in [0.15, 0.2) is 28.5 Å². The third-order valence-corrected chi connectivity index (χ3v) is 4.88. The Labute approximate surface area is 139 Å². The maximum atomic E-state index is 12.3. The van der Waals surface area contributed by atoms with Gasteiger partial charge in [-0.15, -0.1) is 23.1 Å². The first-order valence-electron chi connectivity index (χ1n) is 6.62. The molecule has 0 bridgehead atoms. The second-order valence-electron chi connectivity index (χ2n) is 4.79. The van der Waals surface area contributed by atoms with Crippen LogP contribution in [0.1, 0.15) is 16.1 Å². The van der Waals surface area contributed by atoms with Crippen molar-refractivity contribution in [3.05, 3.63) is 34.8 Å². The van der Waals surface area contributed by atoms with Crippen LogP contribution in [0.3, 0.4) is 0 Å². The third kappa shape index (κ3) is 3.69. The number of rotatable bonds is 4. The van der Waals surface area contributed by atoms with Gasteiger partial charge in [0.05, 0.1) is 23.6 Å². The van der Waals surface area contributed by atoms with Gasteiger partial charge in [-0.25, -0.2) is 4.98 Å². The summed E-state index contributed by atoms with van der Waals surface area (Å²) in [5, 5.41) is 7.47. The SMILES string of the molecule is NC(=O)Cc1csc(NC(=O)c2ccc3c(c2)NC(=O)CS3)n1. The second kappa shape index (κ2) is 6.39. The van der Waals surface area contributed by atoms with Gasteiger partial charge in [-0.05, 0) is 18.2 Å². The van der Waals surface area contributed by atoms with E-state index >= 15 is 0 Å². The maximum Gasteiger partial charge on any atom is 0.257 e. The van der Waals surface area contributed by atoms with Gasteiger partial charge in [-0.1, -0.05) is 0 Å². The van der Waals surface area contributed by atoms with Crippen LogP contribution >= 0.6 is 23.1 Å². The van der Waals surface area contributed by atoms with Crippen LogP contribution in [0.25, 0.3) is 0 Å². The molecule has 0 atom stereocenters. The Bertz CT molecular complexity index is 803. The van der Waals surface area contributed by atoms with Gasteiger partial charge in [0, 0.05) is 15.8 Å². The normalized spacial score (nSPS) is 13.1. The Morgan fingerprint density at radius 3 is 3.00 bits per heavy atom. The number of carbonyl (C=O) groups is 3. The average Bonchev–Trinajstić information content (AvgIpc) is 2.92. The smallest absolute Gasteiger partial charge is 0.257 e. The lowest BCUT2D eigenvalue weighted by Crippen LogP contribution is -2.20. The predicted molar refractivity (Wildman–Crippen MR) is 88.8 cm³/mol. The number of fused-ring (bicyclic) bond motifs is 1. The van der Waals surface area contributed by atoms with Gasteiger partial charge in [-0.3, -0.25) is 19.7 Å². The number of thioether (sulfide) groups is 1. The number of anilines is 2. The van der Waals surface area contributed by atoms with E-state index < -0.39 is 5.91 Å². The molecule has 0 aliphatic carbocycles. The largest absolute Gasteiger partial charge is 0.369 e. The van der Waals surface area contributed by atoms with Crippen molar-refractivity contribution in [1.29, 1.82) is 0 Å². The zero-order valence-electron chi connectivity index (χ0n) is 11.8. The van der Waals surface area contributed by atoms with Crippen molar-refractivity contribution in [2.24, 2.45) is 5.73 Å². The molecule has 0 spiro atoms. The van der Waals surface area contributed by atoms with Gasteiger partial charge in [-0.2, -0.15) is 0 Å². The average molecular weight is 348 g/mol. The van der Waals surface area contributed by atoms with E-state index in [1.807, 2.05) is 0 Å². The number of aromatic nitrogens is 1. The fourth-order valence-electron chi connectivity index (χ4n) is 2.02. The first kappa shape index (κ1) is 15.5. The molecule has 1 aliphatic heterocycles. The van der Waals surface area contributed by atoms with Crippen molar-refractivity contribution in [3.8, 4) is 0 Å². The van der Waals surface area contributed by atoms with Crippen LogP contribution in [0.4, 0.5) is 10.8 Å². The molecule has 1 aliphatic rings. The first-order chi connectivity index (χ1) is 11.0. The van der Waals surface area contributed by atoms with E-state index in [1.54, 1.807) is 23.6 Å². The fraction of sp³-hybridized carbons (Fsp3) is 0.143. The Balaban J connectivity index is 1.73. The zero-order chi connectivity index (χ0) is 16.4. The molecule has 0 radical (unpaired) electrons. The fourth-order valence-corrected chi connectivity index (χ4v) is 3.51. The van der Waals surface area contributed by atoms with E-state index in [-0.39, 0.29) is 18.2 Å². The Hall–Kier alpha value is -2.39. The molecule has 0 saturated carbocycles. The predicted octanol–water partition coefficient (Wildman–Crippen LogP) is 1.47. The van der Waals surface area contributed by atoms with Crippen LogP contribution in [0.5, 0.6) is 0 Å². The lowest BCUT2D eigenvalue weighted by molar-refractivity contribution is -0.117. The summed E-state index contributed by atoms with van der Waals surface area (Å²) in [6.07, 6.45) is 0.0362. The molecule has 3 amide bonds. The Morgan fingerprint density at radius 1 is 1.39 bits per heavy atom. The van der Waals surface area contributed by atoms with E-state index in [0.717, 1.165) is 4.90 Å². The van der Waals surface area contributed by atoms with Crippen LogP contribution in [0.2, 0.25) is 0 Å². The van der Waals surface area contributed by atoms with Gasteiger partial charge >= 0.3 is 0 Å². The minimum absolute atomic E-state index is 0.0362. The number of carbonyl (C=O) groups excluding carboxylic acids is 3. The van der Waals surface area contributed by atoms with Gasteiger partial charge in [0.25, 0.3) is 5.91 Å². The summed E-state index contributed by atoms with van der Waals surface area (Å²) in [6, 6.07) is 5.12. The standard InChI is InChI=1S/C14H12N4O3S2/c15-11(19)4-8-5-23-14(16-8)18-13(21)7-1-2-10-9(3-7)17-12(20)6-22-10/h1-3,5H,4,6H2,(H2,15,19)(H,17,20)(H,16,18,21). The number of primary amides is 1. The number of hydrogen-bond acceptors (Lipinski definition) is 6. The summed E-state index contributed by atoms with van der Waals surface area (Å²) in [5.41, 5.74) is 6.67. The highest BCUT2D eigenvalue weighted by Gasteiger charge is 2.18. The quantitative estimate of drug-likeness (QED) is 0.774. The van der Waals surface area contributed by atoms with Crippen molar-refractivity contribution in [2.75, 3.05) is 16.4 Å². The number of hydrogen-bond donors (Lipinski definition) is 3. The second-order valence-corrected chi connectivity index (χ2v) is 6.66. The highest BCUT2D eigenvalue weighted by molar-refractivity contribution is 8.00. The number of amides is 3. The Kier molecular flexibility index (Phi) is 4.30. The molecule has 2 heterocycles. The molecular weight excluding hydrogens is 336 g/mol. The zero-order valence-corrected chi connectivity index (χ0v) is 13.4. The van der Waals surface area contributed by atoms with E-state index in [0.29, 0.717) is 27.8 Å². The van der Waals surface area contributed by atoms with Crippen LogP contribution in [-0.2, 0) is 16.0 Å². The molecule has 7 nitrogen and oxygen atoms in total. The minimum Gasteiger partial charge on any atom is -0.369 e. The molecule has 0 saturated heterocycles. The molecule has 118 valence electrons. The van der Waals surface area contributed by atoms with Crippen molar-refractivity contribution in [1.82, 2.24) is 4.98 Å². The lowest BCUT2D eigenvalue weighted by atomic mass is 10.2. The highest BCUT2D eigenvalue weighted by atomic mass is 32.2. The number of nitrogens with zero attached hydrogens (tertiary/aromatic N) is 1. The van der Waals surface area contributed by atoms with Crippen molar-refractivity contribution >= 4 is 51.6 Å². The van der Waals surface area contributed by atoms with Gasteiger partial charge in [0.2, 0.25) is 11.8 Å². The van der Waals surface area contributed by atoms with Gasteiger partial charge in [0.1, 0.15) is 0 Å². The molecule has 0 unspecified atom stereocenters. The molecule has 1 aromatic carbocycles. The summed E-state index contributed by atoms with van der Waals surface area (Å²) in [7, 11) is 0. The summed E-state index contributed by atoms with van der Waals surface area (Å²) in [4.78, 5) is 39.6.